The molecule has 0 amide bonds. The van der Waals surface area contributed by atoms with Crippen LogP contribution in [0.15, 0.2) is 59.8 Å². The lowest BCUT2D eigenvalue weighted by Crippen LogP contribution is -2.17. The van der Waals surface area contributed by atoms with Crippen molar-refractivity contribution in [2.45, 2.75) is 19.3 Å². The Morgan fingerprint density at radius 3 is 2.90 bits per heavy atom. The van der Waals surface area contributed by atoms with Gasteiger partial charge in [0, 0.05) is 34.0 Å². The fourth-order valence-corrected chi connectivity index (χ4v) is 4.65. The van der Waals surface area contributed by atoms with Gasteiger partial charge in [-0.1, -0.05) is 53.8 Å². The number of para-hydroxylation sites is 1. The van der Waals surface area contributed by atoms with Gasteiger partial charge in [-0.2, -0.15) is 5.10 Å². The molecule has 2 aromatic heterocycles. The standard InChI is InChI=1S/C22H18N4O2S/c27-21(28)18(11-14-12-23-17-8-4-3-6-15(14)17)25-26-22-24-20-16-7-2-1-5-13(16)9-10-19(20)29-22/h1-8,12,23H,9-11H2,(H,24,26)(H,27,28)/b25-18-. The van der Waals surface area contributed by atoms with E-state index in [1.165, 1.54) is 21.8 Å². The molecule has 0 atom stereocenters. The fourth-order valence-electron chi connectivity index (χ4n) is 3.73. The largest absolute Gasteiger partial charge is 0.477 e. The van der Waals surface area contributed by atoms with Gasteiger partial charge in [0.15, 0.2) is 0 Å². The molecule has 0 unspecified atom stereocenters. The highest BCUT2D eigenvalue weighted by Crippen LogP contribution is 2.37. The first-order valence-electron chi connectivity index (χ1n) is 9.38. The quantitative estimate of drug-likeness (QED) is 0.339. The number of aromatic amines is 1. The SMILES string of the molecule is O=C(O)/C(Cc1c[nH]c2ccccc12)=N\Nc1nc2c(s1)CCc1ccccc1-2. The predicted molar refractivity (Wildman–Crippen MR) is 116 cm³/mol. The number of nitrogens with one attached hydrogen (secondary N) is 2. The second kappa shape index (κ2) is 7.18. The van der Waals surface area contributed by atoms with Crippen molar-refractivity contribution in [2.24, 2.45) is 5.10 Å². The van der Waals surface area contributed by atoms with E-state index in [4.69, 9.17) is 0 Å². The summed E-state index contributed by atoms with van der Waals surface area (Å²) in [5.74, 6) is -1.05. The molecule has 3 N–H and O–H groups in total. The Kier molecular flexibility index (Phi) is 4.37. The molecule has 0 spiro atoms. The number of nitrogens with zero attached hydrogens (tertiary/aromatic N) is 2. The van der Waals surface area contributed by atoms with Crippen LogP contribution in [0.2, 0.25) is 0 Å². The van der Waals surface area contributed by atoms with E-state index in [1.54, 1.807) is 0 Å². The van der Waals surface area contributed by atoms with E-state index in [2.05, 4.69) is 32.6 Å². The van der Waals surface area contributed by atoms with Crippen molar-refractivity contribution in [3.8, 4) is 11.3 Å². The maximum absolute atomic E-state index is 11.7. The van der Waals surface area contributed by atoms with Gasteiger partial charge in [0.2, 0.25) is 5.13 Å². The molecule has 2 aromatic carbocycles. The summed E-state index contributed by atoms with van der Waals surface area (Å²) in [6, 6.07) is 16.1. The molecule has 2 heterocycles. The van der Waals surface area contributed by atoms with Crippen molar-refractivity contribution < 1.29 is 9.90 Å². The average molecular weight is 402 g/mol. The van der Waals surface area contributed by atoms with Crippen LogP contribution in [0.4, 0.5) is 5.13 Å². The number of hydrogen-bond donors (Lipinski definition) is 3. The Balaban J connectivity index is 1.41. The normalized spacial score (nSPS) is 13.2. The van der Waals surface area contributed by atoms with Gasteiger partial charge in [-0.3, -0.25) is 5.43 Å². The van der Waals surface area contributed by atoms with Gasteiger partial charge in [-0.25, -0.2) is 9.78 Å². The number of aryl methyl sites for hydroxylation is 2. The summed E-state index contributed by atoms with van der Waals surface area (Å²) in [5, 5.41) is 15.4. The lowest BCUT2D eigenvalue weighted by Gasteiger charge is -2.13. The maximum atomic E-state index is 11.7. The molecule has 0 saturated carbocycles. The topological polar surface area (TPSA) is 90.4 Å². The number of carbonyl (C=O) groups is 1. The average Bonchev–Trinajstić information content (AvgIpc) is 3.35. The van der Waals surface area contributed by atoms with Gasteiger partial charge in [-0.15, -0.1) is 0 Å². The summed E-state index contributed by atoms with van der Waals surface area (Å²) >= 11 is 1.53. The molecular formula is C22H18N4O2S. The van der Waals surface area contributed by atoms with Crippen LogP contribution >= 0.6 is 11.3 Å². The van der Waals surface area contributed by atoms with E-state index in [-0.39, 0.29) is 12.1 Å². The zero-order valence-electron chi connectivity index (χ0n) is 15.5. The second-order valence-electron chi connectivity index (χ2n) is 6.96. The summed E-state index contributed by atoms with van der Waals surface area (Å²) in [5.41, 5.74) is 8.23. The number of benzene rings is 2. The van der Waals surface area contributed by atoms with Crippen LogP contribution in [-0.2, 0) is 24.1 Å². The first-order valence-corrected chi connectivity index (χ1v) is 10.2. The molecule has 0 radical (unpaired) electrons. The first kappa shape index (κ1) is 17.6. The minimum absolute atomic E-state index is 0.0447. The van der Waals surface area contributed by atoms with Crippen LogP contribution < -0.4 is 5.43 Å². The van der Waals surface area contributed by atoms with Crippen LogP contribution in [-0.4, -0.2) is 26.8 Å². The second-order valence-corrected chi connectivity index (χ2v) is 8.04. The Labute approximate surface area is 170 Å². The van der Waals surface area contributed by atoms with Crippen LogP contribution in [0.1, 0.15) is 16.0 Å². The maximum Gasteiger partial charge on any atom is 0.352 e. The zero-order valence-corrected chi connectivity index (χ0v) is 16.3. The van der Waals surface area contributed by atoms with Crippen LogP contribution in [0, 0.1) is 0 Å². The van der Waals surface area contributed by atoms with Crippen molar-refractivity contribution in [3.05, 3.63) is 70.7 Å². The highest BCUT2D eigenvalue weighted by molar-refractivity contribution is 7.16. The number of aromatic nitrogens is 2. The van der Waals surface area contributed by atoms with Gasteiger partial charge >= 0.3 is 5.97 Å². The third kappa shape index (κ3) is 3.30. The fraction of sp³-hybridized carbons (Fsp3) is 0.136. The molecule has 7 heteroatoms. The molecule has 5 rings (SSSR count). The lowest BCUT2D eigenvalue weighted by molar-refractivity contribution is -0.129. The van der Waals surface area contributed by atoms with E-state index in [0.717, 1.165) is 40.6 Å². The van der Waals surface area contributed by atoms with Crippen LogP contribution in [0.3, 0.4) is 0 Å². The Bertz CT molecular complexity index is 1250. The first-order chi connectivity index (χ1) is 14.2. The van der Waals surface area contributed by atoms with Crippen molar-refractivity contribution in [2.75, 3.05) is 5.43 Å². The lowest BCUT2D eigenvalue weighted by atomic mass is 9.94. The van der Waals surface area contributed by atoms with Crippen molar-refractivity contribution >= 4 is 39.1 Å². The summed E-state index contributed by atoms with van der Waals surface area (Å²) in [7, 11) is 0. The number of aliphatic carboxylic acids is 1. The highest BCUT2D eigenvalue weighted by Gasteiger charge is 2.21. The molecule has 0 fully saturated rings. The molecule has 0 bridgehead atoms. The summed E-state index contributed by atoms with van der Waals surface area (Å²) < 4.78 is 0. The number of carboxylic acid groups (broad SMARTS) is 1. The summed E-state index contributed by atoms with van der Waals surface area (Å²) in [4.78, 5) is 20.8. The van der Waals surface area contributed by atoms with E-state index < -0.39 is 5.97 Å². The van der Waals surface area contributed by atoms with Crippen LogP contribution in [0.25, 0.3) is 22.2 Å². The van der Waals surface area contributed by atoms with Gasteiger partial charge in [-0.05, 0) is 30.0 Å². The third-order valence-electron chi connectivity index (χ3n) is 5.16. The van der Waals surface area contributed by atoms with E-state index in [0.29, 0.717) is 5.13 Å². The van der Waals surface area contributed by atoms with Gasteiger partial charge in [0.1, 0.15) is 5.71 Å². The number of thiazole rings is 1. The molecule has 4 aromatic rings. The summed E-state index contributed by atoms with van der Waals surface area (Å²) in [6.07, 6.45) is 3.99. The molecule has 0 saturated heterocycles. The minimum atomic E-state index is -1.05. The molecule has 6 nitrogen and oxygen atoms in total. The summed E-state index contributed by atoms with van der Waals surface area (Å²) in [6.45, 7) is 0. The molecule has 1 aliphatic carbocycles. The Morgan fingerprint density at radius 2 is 2.00 bits per heavy atom. The van der Waals surface area contributed by atoms with E-state index in [1.807, 2.05) is 42.6 Å². The smallest absolute Gasteiger partial charge is 0.352 e. The van der Waals surface area contributed by atoms with Crippen LogP contribution in [0.5, 0.6) is 0 Å². The zero-order chi connectivity index (χ0) is 19.8. The van der Waals surface area contributed by atoms with Crippen molar-refractivity contribution in [1.29, 1.82) is 0 Å². The molecule has 0 aliphatic heterocycles. The number of anilines is 1. The Morgan fingerprint density at radius 1 is 1.17 bits per heavy atom. The van der Waals surface area contributed by atoms with Gasteiger partial charge < -0.3 is 10.1 Å². The number of rotatable bonds is 5. The Hall–Kier alpha value is -3.45. The number of carboxylic acids is 1. The molecule has 1 aliphatic rings. The van der Waals surface area contributed by atoms with E-state index in [9.17, 15) is 9.90 Å². The third-order valence-corrected chi connectivity index (χ3v) is 6.18. The highest BCUT2D eigenvalue weighted by atomic mass is 32.1. The monoisotopic (exact) mass is 402 g/mol. The predicted octanol–water partition coefficient (Wildman–Crippen LogP) is 4.49. The number of hydrazone groups is 1. The van der Waals surface area contributed by atoms with Gasteiger partial charge in [0.25, 0.3) is 0 Å². The minimum Gasteiger partial charge on any atom is -0.477 e. The number of fused-ring (bicyclic) bond motifs is 4. The molecule has 144 valence electrons. The number of H-pyrrole nitrogens is 1. The molecule has 29 heavy (non-hydrogen) atoms. The van der Waals surface area contributed by atoms with E-state index >= 15 is 0 Å². The van der Waals surface area contributed by atoms with Crippen molar-refractivity contribution in [3.63, 3.8) is 0 Å². The van der Waals surface area contributed by atoms with Gasteiger partial charge in [0.05, 0.1) is 5.69 Å². The number of hydrogen-bond acceptors (Lipinski definition) is 5. The molecular weight excluding hydrogens is 384 g/mol. The van der Waals surface area contributed by atoms with Crippen molar-refractivity contribution in [1.82, 2.24) is 9.97 Å².